The average molecular weight is 433 g/mol. The van der Waals surface area contributed by atoms with E-state index < -0.39 is 16.0 Å². The topological polar surface area (TPSA) is 112 Å². The first-order valence-corrected chi connectivity index (χ1v) is 10.2. The van der Waals surface area contributed by atoms with Crippen LogP contribution in [-0.2, 0) is 16.6 Å². The molecular weight excluding hydrogens is 416 g/mol. The van der Waals surface area contributed by atoms with Gasteiger partial charge in [-0.05, 0) is 36.4 Å². The summed E-state index contributed by atoms with van der Waals surface area (Å²) in [6.07, 6.45) is 1.15. The zero-order valence-corrected chi connectivity index (χ0v) is 16.9. The summed E-state index contributed by atoms with van der Waals surface area (Å²) in [5, 5.41) is 12.7. The highest BCUT2D eigenvalue weighted by Crippen LogP contribution is 2.21. The first-order valence-electron chi connectivity index (χ1n) is 8.40. The highest BCUT2D eigenvalue weighted by Gasteiger charge is 2.23. The summed E-state index contributed by atoms with van der Waals surface area (Å²) in [6.45, 7) is -0.145. The average Bonchev–Trinajstić information content (AvgIpc) is 2.69. The Balaban J connectivity index is 1.87. The van der Waals surface area contributed by atoms with E-state index >= 15 is 0 Å². The predicted octanol–water partition coefficient (Wildman–Crippen LogP) is 3.39. The standard InChI is InChI=1S/C19H17ClN4O4S/c1-24(29(27,28)15-9-7-13(20)8-10-15)12-17-21-11-16(19(25)26)18(23-17)22-14-5-3-2-4-6-14/h2-11H,12H2,1H3,(H,25,26)(H,21,22,23). The van der Waals surface area contributed by atoms with Crippen LogP contribution in [-0.4, -0.2) is 40.8 Å². The lowest BCUT2D eigenvalue weighted by Crippen LogP contribution is -2.27. The number of hydrogen-bond acceptors (Lipinski definition) is 6. The van der Waals surface area contributed by atoms with Gasteiger partial charge in [0.15, 0.2) is 0 Å². The van der Waals surface area contributed by atoms with Gasteiger partial charge in [0.2, 0.25) is 10.0 Å². The molecule has 0 radical (unpaired) electrons. The van der Waals surface area contributed by atoms with Gasteiger partial charge in [0, 0.05) is 24.0 Å². The minimum Gasteiger partial charge on any atom is -0.477 e. The molecular formula is C19H17ClN4O4S. The second kappa shape index (κ2) is 8.56. The number of anilines is 2. The van der Waals surface area contributed by atoms with Crippen LogP contribution >= 0.6 is 11.6 Å². The summed E-state index contributed by atoms with van der Waals surface area (Å²) < 4.78 is 26.5. The minimum absolute atomic E-state index is 0.0750. The predicted molar refractivity (Wildman–Crippen MR) is 109 cm³/mol. The first kappa shape index (κ1) is 20.7. The summed E-state index contributed by atoms with van der Waals surface area (Å²) in [5.74, 6) is -0.975. The highest BCUT2D eigenvalue weighted by molar-refractivity contribution is 7.89. The van der Waals surface area contributed by atoms with Crippen molar-refractivity contribution in [3.8, 4) is 0 Å². The molecule has 3 aromatic rings. The van der Waals surface area contributed by atoms with Crippen LogP contribution in [0.1, 0.15) is 16.2 Å². The molecule has 2 aromatic carbocycles. The summed E-state index contributed by atoms with van der Waals surface area (Å²) in [4.78, 5) is 19.8. The zero-order chi connectivity index (χ0) is 21.0. The molecule has 29 heavy (non-hydrogen) atoms. The van der Waals surface area contributed by atoms with Crippen molar-refractivity contribution in [1.29, 1.82) is 0 Å². The molecule has 0 saturated heterocycles. The SMILES string of the molecule is CN(Cc1ncc(C(=O)O)c(Nc2ccccc2)n1)S(=O)(=O)c1ccc(Cl)cc1. The van der Waals surface area contributed by atoms with Gasteiger partial charge in [0.1, 0.15) is 17.2 Å². The smallest absolute Gasteiger partial charge is 0.341 e. The summed E-state index contributed by atoms with van der Waals surface area (Å²) in [7, 11) is -2.40. The molecule has 0 atom stereocenters. The second-order valence-electron chi connectivity index (χ2n) is 6.06. The van der Waals surface area contributed by atoms with Gasteiger partial charge >= 0.3 is 5.97 Å². The fourth-order valence-corrected chi connectivity index (χ4v) is 3.73. The van der Waals surface area contributed by atoms with E-state index in [4.69, 9.17) is 11.6 Å². The Bertz CT molecular complexity index is 1120. The molecule has 3 rings (SSSR count). The molecule has 0 bridgehead atoms. The quantitative estimate of drug-likeness (QED) is 0.588. The fourth-order valence-electron chi connectivity index (χ4n) is 2.48. The van der Waals surface area contributed by atoms with Crippen LogP contribution in [0.15, 0.2) is 65.7 Å². The number of carboxylic acids is 1. The molecule has 8 nitrogen and oxygen atoms in total. The van der Waals surface area contributed by atoms with Crippen LogP contribution in [0.25, 0.3) is 0 Å². The Labute approximate surface area is 172 Å². The molecule has 0 spiro atoms. The van der Waals surface area contributed by atoms with Crippen LogP contribution < -0.4 is 5.32 Å². The number of carboxylic acid groups (broad SMARTS) is 1. The number of aromatic nitrogens is 2. The van der Waals surface area contributed by atoms with Crippen molar-refractivity contribution in [1.82, 2.24) is 14.3 Å². The van der Waals surface area contributed by atoms with E-state index in [0.717, 1.165) is 10.5 Å². The van der Waals surface area contributed by atoms with E-state index in [-0.39, 0.29) is 28.6 Å². The Morgan fingerprint density at radius 2 is 1.79 bits per heavy atom. The molecule has 0 aliphatic rings. The zero-order valence-electron chi connectivity index (χ0n) is 15.3. The van der Waals surface area contributed by atoms with E-state index in [2.05, 4.69) is 15.3 Å². The molecule has 1 aromatic heterocycles. The van der Waals surface area contributed by atoms with Crippen molar-refractivity contribution < 1.29 is 18.3 Å². The van der Waals surface area contributed by atoms with Gasteiger partial charge in [-0.2, -0.15) is 4.31 Å². The van der Waals surface area contributed by atoms with Gasteiger partial charge in [0.05, 0.1) is 11.4 Å². The van der Waals surface area contributed by atoms with Crippen molar-refractivity contribution >= 4 is 39.1 Å². The van der Waals surface area contributed by atoms with Gasteiger partial charge in [-0.15, -0.1) is 0 Å². The molecule has 0 aliphatic heterocycles. The Hall–Kier alpha value is -3.01. The molecule has 0 saturated carbocycles. The third-order valence-electron chi connectivity index (χ3n) is 3.99. The van der Waals surface area contributed by atoms with E-state index in [1.54, 1.807) is 24.3 Å². The van der Waals surface area contributed by atoms with E-state index in [0.29, 0.717) is 10.7 Å². The number of aromatic carboxylic acids is 1. The molecule has 0 fully saturated rings. The van der Waals surface area contributed by atoms with Crippen molar-refractivity contribution in [3.63, 3.8) is 0 Å². The summed E-state index contributed by atoms with van der Waals surface area (Å²) in [5.41, 5.74) is 0.516. The van der Waals surface area contributed by atoms with Gasteiger partial charge in [-0.3, -0.25) is 0 Å². The molecule has 10 heteroatoms. The van der Waals surface area contributed by atoms with Gasteiger partial charge in [-0.25, -0.2) is 23.2 Å². The number of rotatable bonds is 7. The van der Waals surface area contributed by atoms with Crippen molar-refractivity contribution in [2.45, 2.75) is 11.4 Å². The van der Waals surface area contributed by atoms with E-state index in [9.17, 15) is 18.3 Å². The summed E-state index contributed by atoms with van der Waals surface area (Å²) >= 11 is 5.81. The number of nitrogens with zero attached hydrogens (tertiary/aromatic N) is 3. The molecule has 2 N–H and O–H groups in total. The Morgan fingerprint density at radius 3 is 2.41 bits per heavy atom. The van der Waals surface area contributed by atoms with Crippen LogP contribution in [0.3, 0.4) is 0 Å². The monoisotopic (exact) mass is 432 g/mol. The van der Waals surface area contributed by atoms with Crippen molar-refractivity contribution in [3.05, 3.63) is 77.2 Å². The molecule has 0 amide bonds. The fraction of sp³-hybridized carbons (Fsp3) is 0.105. The third-order valence-corrected chi connectivity index (χ3v) is 6.06. The maximum atomic E-state index is 12.7. The van der Waals surface area contributed by atoms with Crippen molar-refractivity contribution in [2.24, 2.45) is 0 Å². The Kier molecular flexibility index (Phi) is 6.12. The number of carbonyl (C=O) groups is 1. The Morgan fingerprint density at radius 1 is 1.14 bits per heavy atom. The van der Waals surface area contributed by atoms with Crippen LogP contribution in [0.5, 0.6) is 0 Å². The number of sulfonamides is 1. The van der Waals surface area contributed by atoms with E-state index in [1.165, 1.54) is 31.3 Å². The normalized spacial score (nSPS) is 11.4. The number of benzene rings is 2. The van der Waals surface area contributed by atoms with Gasteiger partial charge in [-0.1, -0.05) is 29.8 Å². The lowest BCUT2D eigenvalue weighted by molar-refractivity contribution is 0.0697. The maximum Gasteiger partial charge on any atom is 0.341 e. The molecule has 1 heterocycles. The number of halogens is 1. The van der Waals surface area contributed by atoms with Gasteiger partial charge in [0.25, 0.3) is 0 Å². The first-order chi connectivity index (χ1) is 13.8. The van der Waals surface area contributed by atoms with Crippen LogP contribution in [0.2, 0.25) is 5.02 Å². The third kappa shape index (κ3) is 4.89. The summed E-state index contributed by atoms with van der Waals surface area (Å²) in [6, 6.07) is 14.7. The molecule has 0 aliphatic carbocycles. The second-order valence-corrected chi connectivity index (χ2v) is 8.54. The molecule has 150 valence electrons. The lowest BCUT2D eigenvalue weighted by atomic mass is 10.2. The van der Waals surface area contributed by atoms with Crippen molar-refractivity contribution in [2.75, 3.05) is 12.4 Å². The van der Waals surface area contributed by atoms with E-state index in [1.807, 2.05) is 6.07 Å². The minimum atomic E-state index is -3.79. The number of nitrogens with one attached hydrogen (secondary N) is 1. The maximum absolute atomic E-state index is 12.7. The number of hydrogen-bond donors (Lipinski definition) is 2. The van der Waals surface area contributed by atoms with Crippen LogP contribution in [0.4, 0.5) is 11.5 Å². The number of para-hydroxylation sites is 1. The lowest BCUT2D eigenvalue weighted by Gasteiger charge is -2.17. The van der Waals surface area contributed by atoms with Crippen LogP contribution in [0, 0.1) is 0 Å². The molecule has 0 unspecified atom stereocenters. The highest BCUT2D eigenvalue weighted by atomic mass is 35.5. The van der Waals surface area contributed by atoms with Gasteiger partial charge < -0.3 is 10.4 Å². The largest absolute Gasteiger partial charge is 0.477 e.